The number of hydrogen-bond donors (Lipinski definition) is 2. The summed E-state index contributed by atoms with van der Waals surface area (Å²) in [6, 6.07) is 7.14. The van der Waals surface area contributed by atoms with E-state index in [2.05, 4.69) is 10.6 Å². The Labute approximate surface area is 155 Å². The fourth-order valence-electron chi connectivity index (χ4n) is 5.90. The summed E-state index contributed by atoms with van der Waals surface area (Å²) >= 11 is 0. The second kappa shape index (κ2) is 6.69. The highest BCUT2D eigenvalue weighted by Crippen LogP contribution is 2.54. The molecule has 3 N–H and O–H groups in total. The van der Waals surface area contributed by atoms with Crippen molar-refractivity contribution in [2.75, 3.05) is 26.0 Å². The lowest BCUT2D eigenvalue weighted by Gasteiger charge is -2.54. The Bertz CT molecular complexity index is 660. The van der Waals surface area contributed by atoms with Gasteiger partial charge in [-0.25, -0.2) is 0 Å². The predicted molar refractivity (Wildman–Crippen MR) is 101 cm³/mol. The standard InChI is InChI=1S/C21H29N3O2/c1-24(2)20(26)17-3-5-18(6-4-17)23-19(25)13-22-21-10-14-7-15(11-21)9-16(8-14)12-21/h3-6,14-16,22H,7-13H2,1-2H3,(H,23,25)/p+1. The van der Waals surface area contributed by atoms with Crippen LogP contribution in [0.5, 0.6) is 0 Å². The van der Waals surface area contributed by atoms with Crippen LogP contribution >= 0.6 is 0 Å². The summed E-state index contributed by atoms with van der Waals surface area (Å²) in [5, 5.41) is 5.30. The van der Waals surface area contributed by atoms with Crippen molar-refractivity contribution in [3.05, 3.63) is 29.8 Å². The Hall–Kier alpha value is -1.88. The van der Waals surface area contributed by atoms with E-state index in [1.54, 1.807) is 43.3 Å². The molecular weight excluding hydrogens is 326 g/mol. The SMILES string of the molecule is CN(C)C(=O)c1ccc(NC(=O)C[NH2+]C23CC4CC(CC(C4)C2)C3)cc1. The third-order valence-corrected chi connectivity index (χ3v) is 6.63. The van der Waals surface area contributed by atoms with Gasteiger partial charge < -0.3 is 15.5 Å². The lowest BCUT2D eigenvalue weighted by atomic mass is 9.53. The molecular formula is C21H30N3O2+. The molecule has 0 atom stereocenters. The zero-order valence-electron chi connectivity index (χ0n) is 15.8. The number of rotatable bonds is 5. The van der Waals surface area contributed by atoms with E-state index in [-0.39, 0.29) is 11.8 Å². The molecule has 2 amide bonds. The molecule has 0 spiro atoms. The number of nitrogens with zero attached hydrogens (tertiary/aromatic N) is 1. The molecule has 0 heterocycles. The molecule has 5 heteroatoms. The molecule has 0 radical (unpaired) electrons. The molecule has 26 heavy (non-hydrogen) atoms. The number of carbonyl (C=O) groups is 2. The van der Waals surface area contributed by atoms with E-state index < -0.39 is 0 Å². The summed E-state index contributed by atoms with van der Waals surface area (Å²) in [5.74, 6) is 2.73. The lowest BCUT2D eigenvalue weighted by Crippen LogP contribution is -3.00. The molecule has 5 nitrogen and oxygen atoms in total. The van der Waals surface area contributed by atoms with Gasteiger partial charge in [0.05, 0.1) is 5.54 Å². The first-order valence-electron chi connectivity index (χ1n) is 9.88. The Kier molecular flexibility index (Phi) is 4.51. The molecule has 5 rings (SSSR count). The summed E-state index contributed by atoms with van der Waals surface area (Å²) in [6.07, 6.45) is 8.18. The zero-order chi connectivity index (χ0) is 18.3. The van der Waals surface area contributed by atoms with Crippen molar-refractivity contribution >= 4 is 17.5 Å². The first kappa shape index (κ1) is 17.5. The van der Waals surface area contributed by atoms with Gasteiger partial charge in [-0.3, -0.25) is 9.59 Å². The Morgan fingerprint density at radius 3 is 2.08 bits per heavy atom. The minimum Gasteiger partial charge on any atom is -0.345 e. The van der Waals surface area contributed by atoms with E-state index >= 15 is 0 Å². The molecule has 4 aliphatic carbocycles. The molecule has 0 aliphatic heterocycles. The van der Waals surface area contributed by atoms with Crippen LogP contribution < -0.4 is 10.6 Å². The monoisotopic (exact) mass is 356 g/mol. The van der Waals surface area contributed by atoms with Crippen LogP contribution in [0.15, 0.2) is 24.3 Å². The van der Waals surface area contributed by atoms with Crippen molar-refractivity contribution in [3.63, 3.8) is 0 Å². The second-order valence-corrected chi connectivity index (χ2v) is 9.01. The van der Waals surface area contributed by atoms with Crippen molar-refractivity contribution < 1.29 is 14.9 Å². The summed E-state index contributed by atoms with van der Waals surface area (Å²) in [7, 11) is 3.47. The maximum atomic E-state index is 12.4. The molecule has 4 aliphatic rings. The maximum Gasteiger partial charge on any atom is 0.279 e. The fourth-order valence-corrected chi connectivity index (χ4v) is 5.90. The van der Waals surface area contributed by atoms with Gasteiger partial charge >= 0.3 is 0 Å². The number of anilines is 1. The van der Waals surface area contributed by atoms with Crippen LogP contribution in [0.3, 0.4) is 0 Å². The zero-order valence-corrected chi connectivity index (χ0v) is 15.8. The van der Waals surface area contributed by atoms with Crippen LogP contribution in [0.4, 0.5) is 5.69 Å². The average Bonchev–Trinajstić information content (AvgIpc) is 2.59. The van der Waals surface area contributed by atoms with Crippen molar-refractivity contribution in [3.8, 4) is 0 Å². The summed E-state index contributed by atoms with van der Waals surface area (Å²) in [6.45, 7) is 0.491. The quantitative estimate of drug-likeness (QED) is 0.846. The minimum atomic E-state index is -0.0296. The largest absolute Gasteiger partial charge is 0.345 e. The minimum absolute atomic E-state index is 0.0296. The fraction of sp³-hybridized carbons (Fsp3) is 0.619. The van der Waals surface area contributed by atoms with Gasteiger partial charge in [-0.05, 0) is 61.3 Å². The summed E-state index contributed by atoms with van der Waals surface area (Å²) in [5.41, 5.74) is 1.71. The van der Waals surface area contributed by atoms with E-state index in [0.717, 1.165) is 23.4 Å². The van der Waals surface area contributed by atoms with Crippen molar-refractivity contribution in [2.24, 2.45) is 17.8 Å². The van der Waals surface area contributed by atoms with Crippen molar-refractivity contribution in [2.45, 2.75) is 44.1 Å². The molecule has 0 saturated heterocycles. The molecule has 1 aromatic carbocycles. The Morgan fingerprint density at radius 1 is 1.04 bits per heavy atom. The number of carbonyl (C=O) groups excluding carboxylic acids is 2. The van der Waals surface area contributed by atoms with Crippen LogP contribution in [0, 0.1) is 17.8 Å². The predicted octanol–water partition coefficient (Wildman–Crippen LogP) is 1.86. The highest BCUT2D eigenvalue weighted by molar-refractivity contribution is 5.95. The Balaban J connectivity index is 1.31. The van der Waals surface area contributed by atoms with E-state index in [1.807, 2.05) is 0 Å². The van der Waals surface area contributed by atoms with Gasteiger partial charge in [0.25, 0.3) is 11.8 Å². The molecule has 4 saturated carbocycles. The van der Waals surface area contributed by atoms with Crippen LogP contribution in [-0.4, -0.2) is 42.9 Å². The molecule has 1 aromatic rings. The second-order valence-electron chi connectivity index (χ2n) is 9.01. The van der Waals surface area contributed by atoms with Gasteiger partial charge in [-0.15, -0.1) is 0 Å². The van der Waals surface area contributed by atoms with Crippen LogP contribution in [-0.2, 0) is 4.79 Å². The maximum absolute atomic E-state index is 12.4. The van der Waals surface area contributed by atoms with Crippen LogP contribution in [0.1, 0.15) is 48.9 Å². The Morgan fingerprint density at radius 2 is 1.58 bits per heavy atom. The molecule has 140 valence electrons. The lowest BCUT2D eigenvalue weighted by molar-refractivity contribution is -0.729. The van der Waals surface area contributed by atoms with E-state index in [1.165, 1.54) is 38.5 Å². The number of amides is 2. The summed E-state index contributed by atoms with van der Waals surface area (Å²) in [4.78, 5) is 25.9. The highest BCUT2D eigenvalue weighted by atomic mass is 16.2. The van der Waals surface area contributed by atoms with Gasteiger partial charge in [-0.2, -0.15) is 0 Å². The highest BCUT2D eigenvalue weighted by Gasteiger charge is 2.53. The van der Waals surface area contributed by atoms with Gasteiger partial charge in [0.2, 0.25) is 0 Å². The molecule has 4 bridgehead atoms. The first-order valence-corrected chi connectivity index (χ1v) is 9.88. The smallest absolute Gasteiger partial charge is 0.279 e. The third kappa shape index (κ3) is 3.50. The van der Waals surface area contributed by atoms with E-state index in [0.29, 0.717) is 17.6 Å². The number of hydrogen-bond acceptors (Lipinski definition) is 2. The number of benzene rings is 1. The topological polar surface area (TPSA) is 66.0 Å². The number of nitrogens with one attached hydrogen (secondary N) is 1. The van der Waals surface area contributed by atoms with Crippen molar-refractivity contribution in [1.82, 2.24) is 4.90 Å². The normalized spacial score (nSPS) is 31.7. The van der Waals surface area contributed by atoms with Gasteiger partial charge in [-0.1, -0.05) is 0 Å². The first-order chi connectivity index (χ1) is 12.4. The molecule has 0 unspecified atom stereocenters. The van der Waals surface area contributed by atoms with Crippen molar-refractivity contribution in [1.29, 1.82) is 0 Å². The van der Waals surface area contributed by atoms with Crippen LogP contribution in [0.25, 0.3) is 0 Å². The molecule has 4 fully saturated rings. The van der Waals surface area contributed by atoms with Crippen LogP contribution in [0.2, 0.25) is 0 Å². The third-order valence-electron chi connectivity index (χ3n) is 6.63. The average molecular weight is 356 g/mol. The van der Waals surface area contributed by atoms with Gasteiger partial charge in [0, 0.05) is 44.6 Å². The van der Waals surface area contributed by atoms with Gasteiger partial charge in [0.1, 0.15) is 0 Å². The number of quaternary nitrogens is 1. The molecule has 0 aromatic heterocycles. The van der Waals surface area contributed by atoms with Gasteiger partial charge in [0.15, 0.2) is 6.54 Å². The summed E-state index contributed by atoms with van der Waals surface area (Å²) < 4.78 is 0. The van der Waals surface area contributed by atoms with E-state index in [9.17, 15) is 9.59 Å². The number of nitrogens with two attached hydrogens (primary N) is 1. The van der Waals surface area contributed by atoms with E-state index in [4.69, 9.17) is 0 Å².